The van der Waals surface area contributed by atoms with Gasteiger partial charge in [0.2, 0.25) is 0 Å². The largest absolute Gasteiger partial charge is 0.468 e. The highest BCUT2D eigenvalue weighted by atomic mass is 16.5. The van der Waals surface area contributed by atoms with Gasteiger partial charge in [-0.2, -0.15) is 0 Å². The average molecular weight is 188 g/mol. The topological polar surface area (TPSA) is 52.6 Å². The summed E-state index contributed by atoms with van der Waals surface area (Å²) in [6, 6.07) is 0. The molecular weight excluding hydrogens is 172 g/mol. The monoisotopic (exact) mass is 188 g/mol. The maximum atomic E-state index is 10.5. The number of hydrogen-bond donors (Lipinski definition) is 0. The number of unbranched alkanes of at least 4 members (excludes halogenated alkanes) is 1. The molecule has 0 N–H and O–H groups in total. The summed E-state index contributed by atoms with van der Waals surface area (Å²) >= 11 is 0. The first-order valence-electron chi connectivity index (χ1n) is 4.39. The van der Waals surface area contributed by atoms with Crippen LogP contribution in [0.5, 0.6) is 0 Å². The van der Waals surface area contributed by atoms with Gasteiger partial charge in [0.15, 0.2) is 0 Å². The molecule has 0 saturated carbocycles. The molecule has 0 aliphatic heterocycles. The van der Waals surface area contributed by atoms with E-state index in [1.54, 1.807) is 0 Å². The van der Waals surface area contributed by atoms with Crippen LogP contribution in [0.4, 0.5) is 0 Å². The summed E-state index contributed by atoms with van der Waals surface area (Å²) < 4.78 is 9.42. The molecule has 0 aliphatic carbocycles. The van der Waals surface area contributed by atoms with Crippen molar-refractivity contribution < 1.29 is 19.1 Å². The number of carbonyl (C=O) groups is 2. The molecule has 0 aliphatic rings. The van der Waals surface area contributed by atoms with Crippen molar-refractivity contribution in [3.63, 3.8) is 0 Å². The van der Waals surface area contributed by atoms with Crippen LogP contribution in [0, 0.1) is 0 Å². The number of carbonyl (C=O) groups excluding carboxylic acids is 2. The minimum atomic E-state index is -0.253. The molecule has 4 heteroatoms. The van der Waals surface area contributed by atoms with Crippen LogP contribution in [-0.2, 0) is 19.1 Å². The van der Waals surface area contributed by atoms with Gasteiger partial charge in [-0.15, -0.1) is 0 Å². The molecule has 13 heavy (non-hydrogen) atoms. The molecule has 0 fully saturated rings. The molecule has 0 aromatic carbocycles. The van der Waals surface area contributed by atoms with Gasteiger partial charge in [-0.1, -0.05) is 0 Å². The standard InChI is InChI=1S/C9H16O4/c1-8(13-9(2)11)5-3-4-6-12-7-10/h7-8H,3-6H2,1-2H3. The Kier molecular flexibility index (Phi) is 6.96. The lowest BCUT2D eigenvalue weighted by molar-refractivity contribution is -0.145. The third-order valence-corrected chi connectivity index (χ3v) is 1.56. The molecule has 0 rings (SSSR count). The lowest BCUT2D eigenvalue weighted by Crippen LogP contribution is -2.12. The Labute approximate surface area is 78.2 Å². The molecule has 0 aromatic rings. The maximum Gasteiger partial charge on any atom is 0.302 e. The summed E-state index contributed by atoms with van der Waals surface area (Å²) in [5.41, 5.74) is 0. The average Bonchev–Trinajstić information content (AvgIpc) is 2.02. The summed E-state index contributed by atoms with van der Waals surface area (Å²) in [5.74, 6) is -0.253. The van der Waals surface area contributed by atoms with E-state index in [4.69, 9.17) is 4.74 Å². The van der Waals surface area contributed by atoms with Gasteiger partial charge in [-0.05, 0) is 26.2 Å². The van der Waals surface area contributed by atoms with Gasteiger partial charge in [0, 0.05) is 6.92 Å². The third kappa shape index (κ3) is 8.85. The molecule has 76 valence electrons. The van der Waals surface area contributed by atoms with Crippen LogP contribution in [0.1, 0.15) is 33.1 Å². The first-order valence-corrected chi connectivity index (χ1v) is 4.39. The number of esters is 1. The van der Waals surface area contributed by atoms with Crippen LogP contribution < -0.4 is 0 Å². The second kappa shape index (κ2) is 7.58. The van der Waals surface area contributed by atoms with Crippen molar-refractivity contribution in [3.05, 3.63) is 0 Å². The molecule has 0 aromatic heterocycles. The normalized spacial score (nSPS) is 11.8. The molecule has 0 radical (unpaired) electrons. The van der Waals surface area contributed by atoms with Crippen molar-refractivity contribution in [1.29, 1.82) is 0 Å². The zero-order chi connectivity index (χ0) is 10.1. The van der Waals surface area contributed by atoms with Crippen molar-refractivity contribution in [2.75, 3.05) is 6.61 Å². The van der Waals surface area contributed by atoms with Gasteiger partial charge in [0.05, 0.1) is 12.7 Å². The van der Waals surface area contributed by atoms with E-state index >= 15 is 0 Å². The van der Waals surface area contributed by atoms with Crippen LogP contribution in [0.15, 0.2) is 0 Å². The van der Waals surface area contributed by atoms with Crippen molar-refractivity contribution >= 4 is 12.4 Å². The Balaban J connectivity index is 3.21. The Morgan fingerprint density at radius 2 is 2.15 bits per heavy atom. The molecule has 0 bridgehead atoms. The second-order valence-electron chi connectivity index (χ2n) is 2.88. The fourth-order valence-corrected chi connectivity index (χ4v) is 1.01. The van der Waals surface area contributed by atoms with E-state index in [1.807, 2.05) is 6.92 Å². The first-order chi connectivity index (χ1) is 6.16. The van der Waals surface area contributed by atoms with Crippen LogP contribution in [-0.4, -0.2) is 25.2 Å². The predicted molar refractivity (Wildman–Crippen MR) is 47.1 cm³/mol. The van der Waals surface area contributed by atoms with E-state index < -0.39 is 0 Å². The van der Waals surface area contributed by atoms with E-state index in [1.165, 1.54) is 6.92 Å². The van der Waals surface area contributed by atoms with Gasteiger partial charge >= 0.3 is 5.97 Å². The zero-order valence-corrected chi connectivity index (χ0v) is 8.12. The molecule has 0 amide bonds. The Hall–Kier alpha value is -1.06. The minimum absolute atomic E-state index is 0.0475. The van der Waals surface area contributed by atoms with Crippen molar-refractivity contribution in [2.45, 2.75) is 39.2 Å². The van der Waals surface area contributed by atoms with E-state index in [2.05, 4.69) is 4.74 Å². The quantitative estimate of drug-likeness (QED) is 0.343. The van der Waals surface area contributed by atoms with Crippen LogP contribution in [0.3, 0.4) is 0 Å². The van der Waals surface area contributed by atoms with Gasteiger partial charge in [-0.25, -0.2) is 0 Å². The summed E-state index contributed by atoms with van der Waals surface area (Å²) in [4.78, 5) is 20.3. The van der Waals surface area contributed by atoms with Gasteiger partial charge < -0.3 is 9.47 Å². The lowest BCUT2D eigenvalue weighted by atomic mass is 10.2. The summed E-state index contributed by atoms with van der Waals surface area (Å²) in [6.45, 7) is 4.12. The van der Waals surface area contributed by atoms with E-state index in [-0.39, 0.29) is 12.1 Å². The van der Waals surface area contributed by atoms with E-state index in [0.29, 0.717) is 13.1 Å². The van der Waals surface area contributed by atoms with E-state index in [9.17, 15) is 9.59 Å². The number of hydrogen-bond acceptors (Lipinski definition) is 4. The van der Waals surface area contributed by atoms with Crippen molar-refractivity contribution in [2.24, 2.45) is 0 Å². The SMILES string of the molecule is CC(=O)OC(C)CCCCOC=O. The molecule has 1 atom stereocenters. The molecule has 0 spiro atoms. The fraction of sp³-hybridized carbons (Fsp3) is 0.778. The highest BCUT2D eigenvalue weighted by molar-refractivity contribution is 5.66. The number of ether oxygens (including phenoxy) is 2. The molecular formula is C9H16O4. The van der Waals surface area contributed by atoms with Crippen LogP contribution >= 0.6 is 0 Å². The highest BCUT2D eigenvalue weighted by Gasteiger charge is 2.04. The van der Waals surface area contributed by atoms with Gasteiger partial charge in [0.1, 0.15) is 0 Å². The Morgan fingerprint density at radius 1 is 1.46 bits per heavy atom. The van der Waals surface area contributed by atoms with Crippen LogP contribution in [0.2, 0.25) is 0 Å². The molecule has 1 unspecified atom stereocenters. The highest BCUT2D eigenvalue weighted by Crippen LogP contribution is 2.04. The summed E-state index contributed by atoms with van der Waals surface area (Å²) in [6.07, 6.45) is 2.46. The smallest absolute Gasteiger partial charge is 0.302 e. The minimum Gasteiger partial charge on any atom is -0.468 e. The summed E-state index contributed by atoms with van der Waals surface area (Å²) in [7, 11) is 0. The second-order valence-corrected chi connectivity index (χ2v) is 2.88. The third-order valence-electron chi connectivity index (χ3n) is 1.56. The van der Waals surface area contributed by atoms with Gasteiger partial charge in [-0.3, -0.25) is 9.59 Å². The molecule has 4 nitrogen and oxygen atoms in total. The van der Waals surface area contributed by atoms with Gasteiger partial charge in [0.25, 0.3) is 6.47 Å². The fourth-order valence-electron chi connectivity index (χ4n) is 1.01. The Morgan fingerprint density at radius 3 is 2.69 bits per heavy atom. The molecule has 0 saturated heterocycles. The van der Waals surface area contributed by atoms with Crippen molar-refractivity contribution in [3.8, 4) is 0 Å². The zero-order valence-electron chi connectivity index (χ0n) is 8.12. The lowest BCUT2D eigenvalue weighted by Gasteiger charge is -2.10. The van der Waals surface area contributed by atoms with Crippen molar-refractivity contribution in [1.82, 2.24) is 0 Å². The Bertz CT molecular complexity index is 156. The van der Waals surface area contributed by atoms with E-state index in [0.717, 1.165) is 19.3 Å². The number of rotatable bonds is 7. The maximum absolute atomic E-state index is 10.5. The van der Waals surface area contributed by atoms with Crippen LogP contribution in [0.25, 0.3) is 0 Å². The summed E-state index contributed by atoms with van der Waals surface area (Å²) in [5, 5.41) is 0. The predicted octanol–water partition coefficient (Wildman–Crippen LogP) is 1.28. The first kappa shape index (κ1) is 11.9. The molecule has 0 heterocycles.